The van der Waals surface area contributed by atoms with E-state index in [2.05, 4.69) is 15.5 Å². The molecule has 2 heterocycles. The number of nitrogens with zero attached hydrogens (tertiary/aromatic N) is 3. The highest BCUT2D eigenvalue weighted by molar-refractivity contribution is 5.97. The third kappa shape index (κ3) is 4.03. The van der Waals surface area contributed by atoms with Gasteiger partial charge in [-0.3, -0.25) is 4.79 Å². The SMILES string of the molecule is CCn1cccc1-c1noc(CNC(=O)/C(C)=C\c2ccccc2)n1. The van der Waals surface area contributed by atoms with Crippen LogP contribution in [0.2, 0.25) is 0 Å². The number of rotatable bonds is 6. The van der Waals surface area contributed by atoms with Gasteiger partial charge in [-0.25, -0.2) is 0 Å². The van der Waals surface area contributed by atoms with Crippen LogP contribution in [0.15, 0.2) is 58.8 Å². The zero-order chi connectivity index (χ0) is 17.6. The number of carbonyl (C=O) groups is 1. The first kappa shape index (κ1) is 16.7. The number of carbonyl (C=O) groups excluding carboxylic acids is 1. The van der Waals surface area contributed by atoms with Gasteiger partial charge in [0.25, 0.3) is 0 Å². The first-order chi connectivity index (χ1) is 12.2. The van der Waals surface area contributed by atoms with Gasteiger partial charge in [0.2, 0.25) is 17.6 Å². The van der Waals surface area contributed by atoms with Crippen molar-refractivity contribution >= 4 is 12.0 Å². The Morgan fingerprint density at radius 2 is 2.04 bits per heavy atom. The van der Waals surface area contributed by atoms with Crippen molar-refractivity contribution in [1.29, 1.82) is 0 Å². The van der Waals surface area contributed by atoms with Crippen LogP contribution < -0.4 is 5.32 Å². The third-order valence-electron chi connectivity index (χ3n) is 3.81. The molecule has 2 aromatic heterocycles. The van der Waals surface area contributed by atoms with Crippen molar-refractivity contribution in [3.05, 3.63) is 65.7 Å². The molecular weight excluding hydrogens is 316 g/mol. The zero-order valence-electron chi connectivity index (χ0n) is 14.3. The van der Waals surface area contributed by atoms with E-state index in [0.29, 0.717) is 17.3 Å². The quantitative estimate of drug-likeness (QED) is 0.701. The minimum Gasteiger partial charge on any atom is -0.345 e. The van der Waals surface area contributed by atoms with Crippen LogP contribution in [0.4, 0.5) is 0 Å². The Balaban J connectivity index is 1.62. The summed E-state index contributed by atoms with van der Waals surface area (Å²) < 4.78 is 7.26. The van der Waals surface area contributed by atoms with E-state index in [-0.39, 0.29) is 12.5 Å². The Kier molecular flexibility index (Phi) is 5.09. The van der Waals surface area contributed by atoms with Gasteiger partial charge in [0.1, 0.15) is 0 Å². The molecule has 3 rings (SSSR count). The lowest BCUT2D eigenvalue weighted by Gasteiger charge is -2.03. The van der Waals surface area contributed by atoms with E-state index in [1.165, 1.54) is 0 Å². The van der Waals surface area contributed by atoms with Crippen LogP contribution in [0, 0.1) is 0 Å². The Morgan fingerprint density at radius 3 is 2.80 bits per heavy atom. The van der Waals surface area contributed by atoms with Crippen molar-refractivity contribution in [3.63, 3.8) is 0 Å². The summed E-state index contributed by atoms with van der Waals surface area (Å²) in [7, 11) is 0. The molecular formula is C19H20N4O2. The molecule has 25 heavy (non-hydrogen) atoms. The first-order valence-electron chi connectivity index (χ1n) is 8.17. The molecule has 0 saturated carbocycles. The summed E-state index contributed by atoms with van der Waals surface area (Å²) in [6.45, 7) is 4.84. The summed E-state index contributed by atoms with van der Waals surface area (Å²) in [5.74, 6) is 0.730. The minimum absolute atomic E-state index is 0.166. The van der Waals surface area contributed by atoms with Crippen molar-refractivity contribution in [2.24, 2.45) is 0 Å². The molecule has 0 fully saturated rings. The molecule has 0 atom stereocenters. The van der Waals surface area contributed by atoms with Gasteiger partial charge in [0.05, 0.1) is 12.2 Å². The summed E-state index contributed by atoms with van der Waals surface area (Å²) in [5.41, 5.74) is 2.49. The Hall–Kier alpha value is -3.15. The zero-order valence-corrected chi connectivity index (χ0v) is 14.3. The summed E-state index contributed by atoms with van der Waals surface area (Å²) >= 11 is 0. The summed E-state index contributed by atoms with van der Waals surface area (Å²) in [4.78, 5) is 16.5. The van der Waals surface area contributed by atoms with Gasteiger partial charge in [0, 0.05) is 18.3 Å². The van der Waals surface area contributed by atoms with Gasteiger partial charge in [-0.05, 0) is 37.6 Å². The predicted molar refractivity (Wildman–Crippen MR) is 95.3 cm³/mol. The first-order valence-corrected chi connectivity index (χ1v) is 8.17. The van der Waals surface area contributed by atoms with Gasteiger partial charge in [-0.1, -0.05) is 35.5 Å². The maximum Gasteiger partial charge on any atom is 0.247 e. The Labute approximate surface area is 146 Å². The smallest absolute Gasteiger partial charge is 0.247 e. The number of hydrogen-bond donors (Lipinski definition) is 1. The molecule has 1 amide bonds. The van der Waals surface area contributed by atoms with Gasteiger partial charge in [-0.2, -0.15) is 4.98 Å². The molecule has 0 aliphatic carbocycles. The van der Waals surface area contributed by atoms with Gasteiger partial charge in [-0.15, -0.1) is 0 Å². The van der Waals surface area contributed by atoms with E-state index >= 15 is 0 Å². The summed E-state index contributed by atoms with van der Waals surface area (Å²) in [6, 6.07) is 13.6. The lowest BCUT2D eigenvalue weighted by Crippen LogP contribution is -2.23. The lowest BCUT2D eigenvalue weighted by molar-refractivity contribution is -0.117. The highest BCUT2D eigenvalue weighted by atomic mass is 16.5. The Morgan fingerprint density at radius 1 is 1.24 bits per heavy atom. The van der Waals surface area contributed by atoms with Crippen LogP contribution in [-0.2, 0) is 17.9 Å². The predicted octanol–water partition coefficient (Wildman–Crippen LogP) is 3.28. The van der Waals surface area contributed by atoms with Gasteiger partial charge >= 0.3 is 0 Å². The lowest BCUT2D eigenvalue weighted by atomic mass is 10.1. The molecule has 6 nitrogen and oxygen atoms in total. The molecule has 0 aliphatic heterocycles. The molecule has 128 valence electrons. The van der Waals surface area contributed by atoms with Crippen molar-refractivity contribution in [3.8, 4) is 11.5 Å². The number of hydrogen-bond acceptors (Lipinski definition) is 4. The number of nitrogens with one attached hydrogen (secondary N) is 1. The fourth-order valence-electron chi connectivity index (χ4n) is 2.48. The van der Waals surface area contributed by atoms with Crippen LogP contribution >= 0.6 is 0 Å². The maximum atomic E-state index is 12.2. The summed E-state index contributed by atoms with van der Waals surface area (Å²) in [6.07, 6.45) is 3.80. The minimum atomic E-state index is -0.166. The van der Waals surface area contributed by atoms with Crippen LogP contribution in [0.1, 0.15) is 25.3 Å². The number of aryl methyl sites for hydroxylation is 1. The van der Waals surface area contributed by atoms with E-state index in [1.807, 2.05) is 66.2 Å². The second-order valence-corrected chi connectivity index (χ2v) is 5.61. The average molecular weight is 336 g/mol. The van der Waals surface area contributed by atoms with E-state index < -0.39 is 0 Å². The molecule has 0 saturated heterocycles. The number of amides is 1. The van der Waals surface area contributed by atoms with E-state index in [4.69, 9.17) is 4.52 Å². The van der Waals surface area contributed by atoms with Crippen molar-refractivity contribution < 1.29 is 9.32 Å². The van der Waals surface area contributed by atoms with Crippen molar-refractivity contribution in [1.82, 2.24) is 20.0 Å². The Bertz CT molecular complexity index is 878. The standard InChI is InChI=1S/C19H20N4O2/c1-3-23-11-7-10-16(23)18-21-17(25-22-18)13-20-19(24)14(2)12-15-8-5-4-6-9-15/h4-12H,3,13H2,1-2H3,(H,20,24)/b14-12-. The molecule has 3 aromatic rings. The highest BCUT2D eigenvalue weighted by Gasteiger charge is 2.13. The largest absolute Gasteiger partial charge is 0.345 e. The van der Waals surface area contributed by atoms with Crippen molar-refractivity contribution in [2.75, 3.05) is 0 Å². The number of aromatic nitrogens is 3. The van der Waals surface area contributed by atoms with E-state index in [1.54, 1.807) is 6.92 Å². The molecule has 1 N–H and O–H groups in total. The average Bonchev–Trinajstić information content (AvgIpc) is 3.29. The third-order valence-corrected chi connectivity index (χ3v) is 3.81. The van der Waals surface area contributed by atoms with E-state index in [0.717, 1.165) is 17.8 Å². The fraction of sp³-hybridized carbons (Fsp3) is 0.211. The normalized spacial score (nSPS) is 11.5. The molecule has 0 unspecified atom stereocenters. The maximum absolute atomic E-state index is 12.2. The second-order valence-electron chi connectivity index (χ2n) is 5.61. The molecule has 0 aliphatic rings. The molecule has 0 spiro atoms. The van der Waals surface area contributed by atoms with Crippen LogP contribution in [0.3, 0.4) is 0 Å². The second kappa shape index (κ2) is 7.61. The van der Waals surface area contributed by atoms with E-state index in [9.17, 15) is 4.79 Å². The van der Waals surface area contributed by atoms with Gasteiger partial charge in [0.15, 0.2) is 0 Å². The number of benzene rings is 1. The fourth-order valence-corrected chi connectivity index (χ4v) is 2.48. The molecule has 1 aromatic carbocycles. The highest BCUT2D eigenvalue weighted by Crippen LogP contribution is 2.16. The molecule has 6 heteroatoms. The molecule has 0 bridgehead atoms. The van der Waals surface area contributed by atoms with Crippen LogP contribution in [0.5, 0.6) is 0 Å². The van der Waals surface area contributed by atoms with Crippen LogP contribution in [-0.4, -0.2) is 20.6 Å². The van der Waals surface area contributed by atoms with Crippen molar-refractivity contribution in [2.45, 2.75) is 26.9 Å². The topological polar surface area (TPSA) is 73.0 Å². The summed E-state index contributed by atoms with van der Waals surface area (Å²) in [5, 5.41) is 6.78. The monoisotopic (exact) mass is 336 g/mol. The van der Waals surface area contributed by atoms with Gasteiger partial charge < -0.3 is 14.4 Å². The molecule has 0 radical (unpaired) electrons. The van der Waals surface area contributed by atoms with Crippen LogP contribution in [0.25, 0.3) is 17.6 Å².